The first-order valence-corrected chi connectivity index (χ1v) is 0.561. The molecule has 0 aliphatic carbocycles. The van der Waals surface area contributed by atoms with Gasteiger partial charge in [-0.3, -0.25) is 0 Å². The Balaban J connectivity index is -0.000000000139. The van der Waals surface area contributed by atoms with Gasteiger partial charge in [0.1, 0.15) is 0 Å². The molecule has 0 aromatic rings. The molecule has 0 aromatic carbocycles. The molecule has 0 aliphatic heterocycles. The van der Waals surface area contributed by atoms with Crippen molar-refractivity contribution in [2.45, 2.75) is 0 Å². The molecule has 0 aliphatic rings. The van der Waals surface area contributed by atoms with Gasteiger partial charge in [0.2, 0.25) is 0 Å². The topological polar surface area (TPSA) is 17.1 Å². The van der Waals surface area contributed by atoms with Crippen LogP contribution in [0.3, 0.4) is 0 Å². The first-order chi connectivity index (χ1) is 1.00. The maximum atomic E-state index is 7.94. The molecule has 0 N–H and O–H groups in total. The molecule has 0 fully saturated rings. The van der Waals surface area contributed by atoms with Crippen molar-refractivity contribution in [1.29, 1.82) is 0 Å². The van der Waals surface area contributed by atoms with Crippen molar-refractivity contribution in [2.75, 3.05) is 0 Å². The third kappa shape index (κ3) is 74.3. The summed E-state index contributed by atoms with van der Waals surface area (Å²) >= 11 is 2.31. The van der Waals surface area contributed by atoms with Crippen molar-refractivity contribution in [1.82, 2.24) is 0 Å². The molecule has 0 bridgehead atoms. The van der Waals surface area contributed by atoms with Crippen LogP contribution in [0.2, 0.25) is 0 Å². The van der Waals surface area contributed by atoms with Gasteiger partial charge in [0.15, 0.2) is 17.4 Å². The molecule has 9 heteroatoms. The van der Waals surface area contributed by atoms with E-state index in [1.807, 2.05) is 0 Å². The normalized spacial score (nSPS) is 0.556. The number of hydrogen-bond acceptors (Lipinski definition) is 1. The quantitative estimate of drug-likeness (QED) is 0.396. The summed E-state index contributed by atoms with van der Waals surface area (Å²) in [5.74, 6) is 0. The molecule has 61 valence electrons. The van der Waals surface area contributed by atoms with Crippen LogP contribution in [0.25, 0.3) is 0 Å². The zero-order valence-electron chi connectivity index (χ0n) is 6.09. The average Bonchev–Trinajstić information content (AvgIpc) is 1.00. The van der Waals surface area contributed by atoms with Crippen LogP contribution in [-0.4, -0.2) is 17.4 Å². The molecule has 0 heterocycles. The molecule has 0 saturated carbocycles. The second kappa shape index (κ2) is 89.8. The van der Waals surface area contributed by atoms with Gasteiger partial charge < -0.3 is 2.85 Å². The molecule has 2 radical (unpaired) electrons. The Bertz CT molecular complexity index is 30.1. The van der Waals surface area contributed by atoms with Gasteiger partial charge in [-0.1, -0.05) is 0 Å². The molecular formula is H5AlCo2Li2MnNi2O. The number of hydrogen-bond donors (Lipinski definition) is 0. The van der Waals surface area contributed by atoms with Gasteiger partial charge in [0.05, 0.1) is 0 Å². The Labute approximate surface area is 142 Å². The minimum atomic E-state index is 0. The van der Waals surface area contributed by atoms with Crippen LogP contribution in [0.4, 0.5) is 0 Å². The summed E-state index contributed by atoms with van der Waals surface area (Å²) in [6.45, 7) is 0. The van der Waals surface area contributed by atoms with E-state index in [4.69, 9.17) is 3.87 Å². The van der Waals surface area contributed by atoms with Crippen LogP contribution in [0.1, 0.15) is 2.85 Å². The van der Waals surface area contributed by atoms with Crippen molar-refractivity contribution in [3.63, 3.8) is 0 Å². The molecule has 9 heavy (non-hydrogen) atoms. The van der Waals surface area contributed by atoms with E-state index in [-0.39, 0.29) is 125 Å². The summed E-state index contributed by atoms with van der Waals surface area (Å²) in [6.07, 6.45) is 0. The summed E-state index contributed by atoms with van der Waals surface area (Å²) in [4.78, 5) is 0. The van der Waals surface area contributed by atoms with Crippen LogP contribution in [0.5, 0.6) is 0 Å². The fourth-order valence-electron chi connectivity index (χ4n) is 0. The van der Waals surface area contributed by atoms with E-state index in [0.717, 1.165) is 0 Å². The van der Waals surface area contributed by atoms with Gasteiger partial charge in [-0.15, -0.1) is 0 Å². The van der Waals surface area contributed by atoms with Gasteiger partial charge in [0, 0.05) is 66.8 Å². The fourth-order valence-corrected chi connectivity index (χ4v) is 0. The van der Waals surface area contributed by atoms with Crippen molar-refractivity contribution >= 4 is 17.4 Å². The molecule has 0 amide bonds. The van der Waals surface area contributed by atoms with Crippen molar-refractivity contribution in [3.8, 4) is 0 Å². The predicted octanol–water partition coefficient (Wildman–Crippen LogP) is -7.08. The molecular weight excluding hydrogens is 347 g/mol. The molecule has 0 rings (SSSR count). The molecule has 0 spiro atoms. The van der Waals surface area contributed by atoms with E-state index < -0.39 is 0 Å². The Morgan fingerprint density at radius 1 is 1.00 bits per heavy atom. The number of rotatable bonds is 0. The standard InChI is InChI=1S/Al.2Co.2Li.Mn.2Ni.O.5H/q;;;2*+1;;;;;;;;2*-1. The van der Waals surface area contributed by atoms with Crippen molar-refractivity contribution in [2.24, 2.45) is 0 Å². The molecule has 0 atom stereocenters. The van der Waals surface area contributed by atoms with Crippen LogP contribution in [0.15, 0.2) is 0 Å². The molecule has 0 unspecified atom stereocenters. The average molecular weight is 352 g/mol. The first-order valence-electron chi connectivity index (χ1n) is 0.136. The van der Waals surface area contributed by atoms with Crippen LogP contribution >= 0.6 is 0 Å². The van der Waals surface area contributed by atoms with E-state index in [9.17, 15) is 0 Å². The fraction of sp³-hybridized carbons (Fsp3) is 0. The zero-order valence-corrected chi connectivity index (χ0v) is 9.32. The third-order valence-electron chi connectivity index (χ3n) is 0. The van der Waals surface area contributed by atoms with Gasteiger partial charge in [0.25, 0.3) is 0 Å². The maximum absolute atomic E-state index is 7.94. The summed E-state index contributed by atoms with van der Waals surface area (Å²) in [5, 5.41) is 0. The summed E-state index contributed by atoms with van der Waals surface area (Å²) in [5.41, 5.74) is 0. The van der Waals surface area contributed by atoms with E-state index in [0.29, 0.717) is 0 Å². The van der Waals surface area contributed by atoms with Gasteiger partial charge in [-0.25, -0.2) is 0 Å². The van der Waals surface area contributed by atoms with Crippen molar-refractivity contribution < 1.29 is 127 Å². The molecule has 1 nitrogen and oxygen atoms in total. The Hall–Kier alpha value is 4.05. The Morgan fingerprint density at radius 3 is 1.00 bits per heavy atom. The third-order valence-corrected chi connectivity index (χ3v) is 0. The first kappa shape index (κ1) is 74.3. The van der Waals surface area contributed by atoms with E-state index in [2.05, 4.69) is 15.7 Å². The summed E-state index contributed by atoms with van der Waals surface area (Å²) in [6, 6.07) is 0. The summed E-state index contributed by atoms with van der Waals surface area (Å²) < 4.78 is 7.94. The minimum absolute atomic E-state index is 0. The van der Waals surface area contributed by atoms with Gasteiger partial charge in [-0.05, 0) is 0 Å². The van der Waals surface area contributed by atoms with Gasteiger partial charge >= 0.3 is 57.3 Å². The zero-order chi connectivity index (χ0) is 2.00. The van der Waals surface area contributed by atoms with E-state index in [1.54, 1.807) is 0 Å². The van der Waals surface area contributed by atoms with E-state index in [1.165, 1.54) is 0 Å². The summed E-state index contributed by atoms with van der Waals surface area (Å²) in [7, 11) is 0. The SMILES string of the molecule is [AlH3].[Co].[H-].[H-].[Li+].[Li+].[Mn].[Ni].[Ni].[O]=[Co]. The monoisotopic (exact) mass is 351 g/mol. The van der Waals surface area contributed by atoms with Crippen molar-refractivity contribution in [3.05, 3.63) is 0 Å². The Morgan fingerprint density at radius 2 is 1.00 bits per heavy atom. The second-order valence-electron chi connectivity index (χ2n) is 0. The Kier molecular flexibility index (Phi) is 741. The van der Waals surface area contributed by atoms with Crippen LogP contribution < -0.4 is 37.7 Å². The predicted molar refractivity (Wildman–Crippen MR) is 12.8 cm³/mol. The molecule has 0 aromatic heterocycles. The van der Waals surface area contributed by atoms with Gasteiger partial charge in [-0.2, -0.15) is 0 Å². The van der Waals surface area contributed by atoms with Crippen LogP contribution in [-0.2, 0) is 86.4 Å². The molecule has 0 saturated heterocycles. The second-order valence-corrected chi connectivity index (χ2v) is 0. The van der Waals surface area contributed by atoms with Crippen LogP contribution in [0, 0.1) is 0 Å². The van der Waals surface area contributed by atoms with E-state index >= 15 is 0 Å².